The van der Waals surface area contributed by atoms with Crippen LogP contribution in [0.15, 0.2) is 35.0 Å². The molecular formula is C8H6N4O2S. The first-order valence-corrected chi connectivity index (χ1v) is 4.80. The molecule has 2 aromatic rings. The molecule has 0 spiro atoms. The van der Waals surface area contributed by atoms with Crippen molar-refractivity contribution in [1.82, 2.24) is 19.9 Å². The Morgan fingerprint density at radius 2 is 2.27 bits per heavy atom. The lowest BCUT2D eigenvalue weighted by molar-refractivity contribution is 0.0690. The molecule has 7 heteroatoms. The number of imidazole rings is 1. The van der Waals surface area contributed by atoms with E-state index in [-0.39, 0.29) is 5.69 Å². The Kier molecular flexibility index (Phi) is 2.64. The highest BCUT2D eigenvalue weighted by molar-refractivity contribution is 7.99. The molecule has 0 amide bonds. The van der Waals surface area contributed by atoms with Crippen molar-refractivity contribution in [3.63, 3.8) is 0 Å². The summed E-state index contributed by atoms with van der Waals surface area (Å²) in [7, 11) is 0. The van der Waals surface area contributed by atoms with Gasteiger partial charge >= 0.3 is 5.97 Å². The maximum absolute atomic E-state index is 10.6. The summed E-state index contributed by atoms with van der Waals surface area (Å²) in [6.07, 6.45) is 4.51. The lowest BCUT2D eigenvalue weighted by Gasteiger charge is -1.97. The molecule has 0 fully saturated rings. The fourth-order valence-corrected chi connectivity index (χ4v) is 1.63. The highest BCUT2D eigenvalue weighted by Gasteiger charge is 2.07. The van der Waals surface area contributed by atoms with E-state index >= 15 is 0 Å². The largest absolute Gasteiger partial charge is 0.477 e. The van der Waals surface area contributed by atoms with Crippen LogP contribution in [0.5, 0.6) is 0 Å². The fourth-order valence-electron chi connectivity index (χ4n) is 0.918. The molecule has 2 N–H and O–H groups in total. The molecular weight excluding hydrogens is 216 g/mol. The van der Waals surface area contributed by atoms with Gasteiger partial charge in [-0.1, -0.05) is 0 Å². The van der Waals surface area contributed by atoms with Gasteiger partial charge in [0.15, 0.2) is 10.9 Å². The quantitative estimate of drug-likeness (QED) is 0.754. The van der Waals surface area contributed by atoms with E-state index in [2.05, 4.69) is 19.9 Å². The summed E-state index contributed by atoms with van der Waals surface area (Å²) in [6, 6.07) is 1.40. The maximum atomic E-state index is 10.6. The van der Waals surface area contributed by atoms with Gasteiger partial charge in [0.2, 0.25) is 0 Å². The molecule has 0 aliphatic carbocycles. The lowest BCUT2D eigenvalue weighted by atomic mass is 10.4. The Balaban J connectivity index is 2.22. The maximum Gasteiger partial charge on any atom is 0.354 e. The molecule has 0 unspecified atom stereocenters. The molecule has 0 bridgehead atoms. The van der Waals surface area contributed by atoms with Crippen molar-refractivity contribution in [2.45, 2.75) is 10.2 Å². The molecule has 0 atom stereocenters. The van der Waals surface area contributed by atoms with E-state index in [4.69, 9.17) is 5.11 Å². The van der Waals surface area contributed by atoms with Gasteiger partial charge in [-0.15, -0.1) is 0 Å². The summed E-state index contributed by atoms with van der Waals surface area (Å²) in [6.45, 7) is 0. The van der Waals surface area contributed by atoms with E-state index in [9.17, 15) is 4.79 Å². The van der Waals surface area contributed by atoms with E-state index in [0.29, 0.717) is 10.2 Å². The predicted molar refractivity (Wildman–Crippen MR) is 51.7 cm³/mol. The second-order valence-electron chi connectivity index (χ2n) is 2.54. The number of H-pyrrole nitrogens is 1. The molecule has 0 saturated carbocycles. The first-order valence-electron chi connectivity index (χ1n) is 3.98. The van der Waals surface area contributed by atoms with Gasteiger partial charge in [0, 0.05) is 18.5 Å². The number of aromatic nitrogens is 4. The third-order valence-electron chi connectivity index (χ3n) is 1.54. The molecule has 0 radical (unpaired) electrons. The summed E-state index contributed by atoms with van der Waals surface area (Å²) in [4.78, 5) is 25.0. The summed E-state index contributed by atoms with van der Waals surface area (Å²) in [5.41, 5.74) is -0.0287. The Labute approximate surface area is 88.8 Å². The monoisotopic (exact) mass is 222 g/mol. The first-order chi connectivity index (χ1) is 7.25. The smallest absolute Gasteiger partial charge is 0.354 e. The Hall–Kier alpha value is -1.89. The predicted octanol–water partition coefficient (Wildman–Crippen LogP) is 1.05. The van der Waals surface area contributed by atoms with Crippen LogP contribution in [0.2, 0.25) is 0 Å². The van der Waals surface area contributed by atoms with Crippen molar-refractivity contribution in [2.24, 2.45) is 0 Å². The van der Waals surface area contributed by atoms with E-state index in [1.54, 1.807) is 12.4 Å². The minimum atomic E-state index is -1.07. The number of rotatable bonds is 3. The van der Waals surface area contributed by atoms with Gasteiger partial charge < -0.3 is 10.1 Å². The fraction of sp³-hybridized carbons (Fsp3) is 0. The third kappa shape index (κ3) is 2.32. The highest BCUT2D eigenvalue weighted by Crippen LogP contribution is 2.21. The molecule has 0 saturated heterocycles. The SMILES string of the molecule is O=C(O)c1cc(Sc2ncc[nH]2)ncn1. The Morgan fingerprint density at radius 1 is 1.40 bits per heavy atom. The number of nitrogens with zero attached hydrogens (tertiary/aromatic N) is 3. The minimum absolute atomic E-state index is 0.0287. The number of aromatic amines is 1. The number of carboxylic acids is 1. The molecule has 2 aromatic heterocycles. The number of hydrogen-bond donors (Lipinski definition) is 2. The average molecular weight is 222 g/mol. The van der Waals surface area contributed by atoms with E-state index in [1.165, 1.54) is 24.2 Å². The highest BCUT2D eigenvalue weighted by atomic mass is 32.2. The normalized spacial score (nSPS) is 10.1. The summed E-state index contributed by atoms with van der Waals surface area (Å²) >= 11 is 1.24. The second-order valence-corrected chi connectivity index (χ2v) is 3.55. The number of carbonyl (C=O) groups is 1. The number of carboxylic acid groups (broad SMARTS) is 1. The number of hydrogen-bond acceptors (Lipinski definition) is 5. The van der Waals surface area contributed by atoms with E-state index < -0.39 is 5.97 Å². The summed E-state index contributed by atoms with van der Waals surface area (Å²) in [5.74, 6) is -1.07. The second kappa shape index (κ2) is 4.09. The van der Waals surface area contributed by atoms with Gasteiger partial charge in [-0.25, -0.2) is 19.7 Å². The number of aromatic carboxylic acids is 1. The zero-order valence-electron chi connectivity index (χ0n) is 7.41. The standard InChI is InChI=1S/C8H6N4O2S/c13-7(14)5-3-6(12-4-11-5)15-8-9-1-2-10-8/h1-4H,(H,9,10)(H,13,14). The van der Waals surface area contributed by atoms with Crippen LogP contribution in [0.3, 0.4) is 0 Å². The minimum Gasteiger partial charge on any atom is -0.477 e. The zero-order valence-corrected chi connectivity index (χ0v) is 8.23. The van der Waals surface area contributed by atoms with E-state index in [1.807, 2.05) is 0 Å². The summed E-state index contributed by atoms with van der Waals surface area (Å²) in [5, 5.41) is 9.91. The van der Waals surface area contributed by atoms with Gasteiger partial charge in [-0.2, -0.15) is 0 Å². The third-order valence-corrected chi connectivity index (χ3v) is 2.38. The van der Waals surface area contributed by atoms with E-state index in [0.717, 1.165) is 0 Å². The first kappa shape index (κ1) is 9.66. The molecule has 0 aliphatic rings. The van der Waals surface area contributed by atoms with Crippen LogP contribution in [0.1, 0.15) is 10.5 Å². The number of nitrogens with one attached hydrogen (secondary N) is 1. The Morgan fingerprint density at radius 3 is 2.93 bits per heavy atom. The van der Waals surface area contributed by atoms with Gasteiger partial charge in [-0.05, 0) is 11.8 Å². The topological polar surface area (TPSA) is 91.8 Å². The van der Waals surface area contributed by atoms with Gasteiger partial charge in [-0.3, -0.25) is 0 Å². The van der Waals surface area contributed by atoms with Crippen molar-refractivity contribution in [2.75, 3.05) is 0 Å². The summed E-state index contributed by atoms with van der Waals surface area (Å²) < 4.78 is 0. The van der Waals surface area contributed by atoms with Gasteiger partial charge in [0.25, 0.3) is 0 Å². The van der Waals surface area contributed by atoms with Crippen molar-refractivity contribution in [3.8, 4) is 0 Å². The van der Waals surface area contributed by atoms with Crippen molar-refractivity contribution in [3.05, 3.63) is 30.5 Å². The van der Waals surface area contributed by atoms with Crippen molar-refractivity contribution < 1.29 is 9.90 Å². The molecule has 76 valence electrons. The van der Waals surface area contributed by atoms with Gasteiger partial charge in [0.1, 0.15) is 11.4 Å². The Bertz CT molecular complexity index is 471. The van der Waals surface area contributed by atoms with Crippen LogP contribution in [0.4, 0.5) is 0 Å². The van der Waals surface area contributed by atoms with Crippen LogP contribution in [0.25, 0.3) is 0 Å². The van der Waals surface area contributed by atoms with Crippen molar-refractivity contribution >= 4 is 17.7 Å². The zero-order chi connectivity index (χ0) is 10.7. The van der Waals surface area contributed by atoms with Crippen LogP contribution in [0, 0.1) is 0 Å². The molecule has 2 heterocycles. The molecule has 2 rings (SSSR count). The molecule has 15 heavy (non-hydrogen) atoms. The molecule has 0 aromatic carbocycles. The van der Waals surface area contributed by atoms with Crippen LogP contribution in [-0.4, -0.2) is 31.0 Å². The van der Waals surface area contributed by atoms with Crippen LogP contribution in [-0.2, 0) is 0 Å². The van der Waals surface area contributed by atoms with Crippen LogP contribution >= 0.6 is 11.8 Å². The molecule has 0 aliphatic heterocycles. The lowest BCUT2D eigenvalue weighted by Crippen LogP contribution is -2.00. The average Bonchev–Trinajstić information content (AvgIpc) is 2.71. The van der Waals surface area contributed by atoms with Gasteiger partial charge in [0.05, 0.1) is 0 Å². The van der Waals surface area contributed by atoms with Crippen molar-refractivity contribution in [1.29, 1.82) is 0 Å². The van der Waals surface area contributed by atoms with Crippen LogP contribution < -0.4 is 0 Å². The molecule has 6 nitrogen and oxygen atoms in total.